The fraction of sp³-hybridized carbons (Fsp3) is 0.353. The van der Waals surface area contributed by atoms with E-state index in [0.717, 1.165) is 17.9 Å². The second-order valence-electron chi connectivity index (χ2n) is 4.81. The number of hydrogen-bond acceptors (Lipinski definition) is 3. The lowest BCUT2D eigenvalue weighted by Crippen LogP contribution is -2.19. The number of nitrogens with one attached hydrogen (secondary N) is 1. The zero-order valence-electron chi connectivity index (χ0n) is 12.4. The number of ether oxygens (including phenoxy) is 1. The van der Waals surface area contributed by atoms with Crippen molar-refractivity contribution in [1.29, 1.82) is 0 Å². The van der Waals surface area contributed by atoms with Crippen molar-refractivity contribution in [3.8, 4) is 5.75 Å². The molecule has 2 rings (SSSR count). The summed E-state index contributed by atoms with van der Waals surface area (Å²) in [4.78, 5) is 4.47. The highest BCUT2D eigenvalue weighted by Crippen LogP contribution is 2.21. The van der Waals surface area contributed by atoms with Gasteiger partial charge in [0.15, 0.2) is 0 Å². The first-order valence-electron chi connectivity index (χ1n) is 7.05. The van der Waals surface area contributed by atoms with Gasteiger partial charge in [0.2, 0.25) is 0 Å². The Hall–Kier alpha value is -1.87. The summed E-state index contributed by atoms with van der Waals surface area (Å²) in [5.41, 5.74) is 3.63. The van der Waals surface area contributed by atoms with Crippen molar-refractivity contribution in [3.63, 3.8) is 0 Å². The van der Waals surface area contributed by atoms with Crippen molar-refractivity contribution in [2.24, 2.45) is 0 Å². The van der Waals surface area contributed by atoms with Gasteiger partial charge in [-0.05, 0) is 50.2 Å². The molecule has 1 aromatic carbocycles. The van der Waals surface area contributed by atoms with Crippen LogP contribution in [0, 0.1) is 6.92 Å². The molecule has 0 spiro atoms. The first kappa shape index (κ1) is 14.5. The molecule has 0 saturated heterocycles. The summed E-state index contributed by atoms with van der Waals surface area (Å²) in [6.07, 6.45) is 2.74. The third-order valence-electron chi connectivity index (χ3n) is 3.46. The van der Waals surface area contributed by atoms with E-state index in [4.69, 9.17) is 4.74 Å². The van der Waals surface area contributed by atoms with Crippen molar-refractivity contribution in [1.82, 2.24) is 10.3 Å². The molecule has 0 fully saturated rings. The third kappa shape index (κ3) is 3.58. The molecule has 0 aliphatic heterocycles. The average Bonchev–Trinajstić information content (AvgIpc) is 2.48. The Kier molecular flexibility index (Phi) is 5.13. The average molecular weight is 270 g/mol. The third-order valence-corrected chi connectivity index (χ3v) is 3.46. The van der Waals surface area contributed by atoms with Gasteiger partial charge < -0.3 is 10.1 Å². The molecule has 1 unspecified atom stereocenters. The number of rotatable bonds is 6. The van der Waals surface area contributed by atoms with Gasteiger partial charge in [0.25, 0.3) is 0 Å². The quantitative estimate of drug-likeness (QED) is 0.874. The number of aryl methyl sites for hydroxylation is 1. The van der Waals surface area contributed by atoms with Gasteiger partial charge in [0.1, 0.15) is 5.75 Å². The van der Waals surface area contributed by atoms with Crippen LogP contribution in [0.2, 0.25) is 0 Å². The van der Waals surface area contributed by atoms with E-state index in [2.05, 4.69) is 35.4 Å². The van der Waals surface area contributed by atoms with Crippen LogP contribution in [0.3, 0.4) is 0 Å². The predicted octanol–water partition coefficient (Wildman–Crippen LogP) is 3.29. The molecule has 1 heterocycles. The summed E-state index contributed by atoms with van der Waals surface area (Å²) in [6.45, 7) is 4.79. The number of hydrogen-bond donors (Lipinski definition) is 1. The SMILES string of the molecule is CCOc1ccc(C(Cc2ncccc2C)NC)cc1. The van der Waals surface area contributed by atoms with Gasteiger partial charge >= 0.3 is 0 Å². The van der Waals surface area contributed by atoms with Crippen molar-refractivity contribution >= 4 is 0 Å². The molecular weight excluding hydrogens is 248 g/mol. The molecule has 0 bridgehead atoms. The molecule has 0 aliphatic carbocycles. The minimum absolute atomic E-state index is 0.263. The summed E-state index contributed by atoms with van der Waals surface area (Å²) in [5, 5.41) is 3.36. The maximum atomic E-state index is 5.48. The molecule has 0 radical (unpaired) electrons. The molecule has 0 saturated carbocycles. The Morgan fingerprint density at radius 2 is 1.95 bits per heavy atom. The summed E-state index contributed by atoms with van der Waals surface area (Å²) in [7, 11) is 1.99. The van der Waals surface area contributed by atoms with E-state index in [9.17, 15) is 0 Å². The highest BCUT2D eigenvalue weighted by atomic mass is 16.5. The fourth-order valence-corrected chi connectivity index (χ4v) is 2.28. The monoisotopic (exact) mass is 270 g/mol. The molecule has 2 aromatic rings. The van der Waals surface area contributed by atoms with Crippen LogP contribution < -0.4 is 10.1 Å². The van der Waals surface area contributed by atoms with Gasteiger partial charge in [-0.1, -0.05) is 18.2 Å². The van der Waals surface area contributed by atoms with Crippen molar-refractivity contribution < 1.29 is 4.74 Å². The first-order valence-corrected chi connectivity index (χ1v) is 7.05. The summed E-state index contributed by atoms with van der Waals surface area (Å²) in [5.74, 6) is 0.917. The summed E-state index contributed by atoms with van der Waals surface area (Å²) < 4.78 is 5.48. The van der Waals surface area contributed by atoms with Gasteiger partial charge in [0.05, 0.1) is 6.61 Å². The fourth-order valence-electron chi connectivity index (χ4n) is 2.28. The van der Waals surface area contributed by atoms with E-state index in [1.807, 2.05) is 38.4 Å². The van der Waals surface area contributed by atoms with E-state index in [0.29, 0.717) is 6.61 Å². The van der Waals surface area contributed by atoms with Gasteiger partial charge in [-0.25, -0.2) is 0 Å². The second-order valence-corrected chi connectivity index (χ2v) is 4.81. The lowest BCUT2D eigenvalue weighted by atomic mass is 10.00. The standard InChI is InChI=1S/C17H22N2O/c1-4-20-15-9-7-14(8-10-15)17(18-3)12-16-13(2)6-5-11-19-16/h5-11,17-18H,4,12H2,1-3H3. The van der Waals surface area contributed by atoms with Gasteiger partial charge in [-0.2, -0.15) is 0 Å². The largest absolute Gasteiger partial charge is 0.494 e. The summed E-state index contributed by atoms with van der Waals surface area (Å²) in [6, 6.07) is 12.6. The Morgan fingerprint density at radius 3 is 2.55 bits per heavy atom. The predicted molar refractivity (Wildman–Crippen MR) is 82.1 cm³/mol. The van der Waals surface area contributed by atoms with Crippen LogP contribution in [-0.2, 0) is 6.42 Å². The Labute approximate surface area is 121 Å². The molecule has 20 heavy (non-hydrogen) atoms. The van der Waals surface area contributed by atoms with E-state index in [1.165, 1.54) is 11.1 Å². The van der Waals surface area contributed by atoms with E-state index >= 15 is 0 Å². The van der Waals surface area contributed by atoms with Crippen LogP contribution in [0.25, 0.3) is 0 Å². The van der Waals surface area contributed by atoms with Crippen molar-refractivity contribution in [2.75, 3.05) is 13.7 Å². The topological polar surface area (TPSA) is 34.1 Å². The van der Waals surface area contributed by atoms with Gasteiger partial charge in [-0.15, -0.1) is 0 Å². The highest BCUT2D eigenvalue weighted by Gasteiger charge is 2.12. The molecule has 106 valence electrons. The van der Waals surface area contributed by atoms with E-state index in [-0.39, 0.29) is 6.04 Å². The molecule has 1 N–H and O–H groups in total. The Morgan fingerprint density at radius 1 is 1.20 bits per heavy atom. The minimum Gasteiger partial charge on any atom is -0.494 e. The van der Waals surface area contributed by atoms with E-state index < -0.39 is 0 Å². The number of aromatic nitrogens is 1. The van der Waals surface area contributed by atoms with E-state index in [1.54, 1.807) is 0 Å². The Bertz CT molecular complexity index is 537. The van der Waals surface area contributed by atoms with Gasteiger partial charge in [0, 0.05) is 24.4 Å². The Balaban J connectivity index is 2.13. The van der Waals surface area contributed by atoms with Crippen LogP contribution >= 0.6 is 0 Å². The van der Waals surface area contributed by atoms with Crippen molar-refractivity contribution in [2.45, 2.75) is 26.3 Å². The summed E-state index contributed by atoms with van der Waals surface area (Å²) >= 11 is 0. The first-order chi connectivity index (χ1) is 9.74. The lowest BCUT2D eigenvalue weighted by molar-refractivity contribution is 0.340. The molecule has 0 aliphatic rings. The van der Waals surface area contributed by atoms with Crippen LogP contribution in [0.4, 0.5) is 0 Å². The molecule has 3 nitrogen and oxygen atoms in total. The molecule has 1 aromatic heterocycles. The number of likely N-dealkylation sites (N-methyl/N-ethyl adjacent to an activating group) is 1. The highest BCUT2D eigenvalue weighted by molar-refractivity contribution is 5.30. The number of pyridine rings is 1. The zero-order chi connectivity index (χ0) is 14.4. The molecule has 0 amide bonds. The maximum absolute atomic E-state index is 5.48. The van der Waals surface area contributed by atoms with Crippen LogP contribution in [0.15, 0.2) is 42.6 Å². The molecule has 3 heteroatoms. The number of nitrogens with zero attached hydrogens (tertiary/aromatic N) is 1. The molecule has 1 atom stereocenters. The van der Waals surface area contributed by atoms with Gasteiger partial charge in [-0.3, -0.25) is 4.98 Å². The lowest BCUT2D eigenvalue weighted by Gasteiger charge is -2.17. The minimum atomic E-state index is 0.263. The number of benzene rings is 1. The molecular formula is C17H22N2O. The van der Waals surface area contributed by atoms with Crippen LogP contribution in [0.1, 0.15) is 29.8 Å². The second kappa shape index (κ2) is 7.06. The normalized spacial score (nSPS) is 12.2. The van der Waals surface area contributed by atoms with Crippen molar-refractivity contribution in [3.05, 3.63) is 59.4 Å². The zero-order valence-corrected chi connectivity index (χ0v) is 12.4. The smallest absolute Gasteiger partial charge is 0.119 e. The van der Waals surface area contributed by atoms with Crippen LogP contribution in [0.5, 0.6) is 5.75 Å². The van der Waals surface area contributed by atoms with Crippen LogP contribution in [-0.4, -0.2) is 18.6 Å². The maximum Gasteiger partial charge on any atom is 0.119 e.